The second-order valence-electron chi connectivity index (χ2n) is 5.92. The fourth-order valence-corrected chi connectivity index (χ4v) is 2.89. The zero-order valence-corrected chi connectivity index (χ0v) is 16.3. The fraction of sp³-hybridized carbons (Fsp3) is 0.938. The smallest absolute Gasteiger partial charge is 0.190 e. The van der Waals surface area contributed by atoms with Gasteiger partial charge in [0.25, 0.3) is 0 Å². The molecule has 2 N–H and O–H groups in total. The van der Waals surface area contributed by atoms with Crippen LogP contribution in [0.25, 0.3) is 0 Å². The van der Waals surface area contributed by atoms with Gasteiger partial charge in [-0.15, -0.1) is 24.0 Å². The summed E-state index contributed by atoms with van der Waals surface area (Å²) in [5.74, 6) is 2.65. The van der Waals surface area contributed by atoms with Crippen LogP contribution < -0.4 is 10.6 Å². The zero-order chi connectivity index (χ0) is 14.6. The molecule has 21 heavy (non-hydrogen) atoms. The number of nitrogens with one attached hydrogen (secondary N) is 2. The van der Waals surface area contributed by atoms with Gasteiger partial charge in [0, 0.05) is 33.4 Å². The van der Waals surface area contributed by atoms with Gasteiger partial charge in [0.05, 0.1) is 0 Å². The summed E-state index contributed by atoms with van der Waals surface area (Å²) in [6, 6.07) is 0. The molecule has 0 radical (unpaired) electrons. The van der Waals surface area contributed by atoms with Crippen molar-refractivity contribution in [1.82, 2.24) is 10.6 Å². The Bertz CT molecular complexity index is 274. The molecule has 1 aliphatic carbocycles. The van der Waals surface area contributed by atoms with Crippen LogP contribution in [-0.4, -0.2) is 39.3 Å². The highest BCUT2D eigenvalue weighted by Gasteiger charge is 2.18. The number of hydrogen-bond donors (Lipinski definition) is 2. The quantitative estimate of drug-likeness (QED) is 0.279. The van der Waals surface area contributed by atoms with Gasteiger partial charge in [0.2, 0.25) is 0 Å². The van der Waals surface area contributed by atoms with E-state index in [1.54, 1.807) is 0 Å². The first-order chi connectivity index (χ1) is 9.76. The first kappa shape index (κ1) is 21.0. The van der Waals surface area contributed by atoms with Crippen LogP contribution in [0.4, 0.5) is 0 Å². The van der Waals surface area contributed by atoms with Crippen LogP contribution >= 0.6 is 24.0 Å². The Kier molecular flexibility index (Phi) is 13.6. The van der Waals surface area contributed by atoms with Crippen LogP contribution in [0.15, 0.2) is 4.99 Å². The van der Waals surface area contributed by atoms with E-state index in [9.17, 15) is 0 Å². The van der Waals surface area contributed by atoms with Crippen molar-refractivity contribution in [3.63, 3.8) is 0 Å². The standard InChI is InChI=1S/C16H33N3O.HI/c1-4-20-11-6-5-10-18-16(17-3)19-13-15-9-7-8-14(2)12-15;/h14-15H,4-13H2,1-3H3,(H2,17,18,19);1H. The van der Waals surface area contributed by atoms with Gasteiger partial charge in [0.1, 0.15) is 0 Å². The molecule has 2 unspecified atom stereocenters. The molecule has 1 rings (SSSR count). The third-order valence-corrected chi connectivity index (χ3v) is 4.04. The van der Waals surface area contributed by atoms with Crippen LogP contribution in [0.1, 0.15) is 52.4 Å². The van der Waals surface area contributed by atoms with E-state index in [2.05, 4.69) is 22.5 Å². The first-order valence-electron chi connectivity index (χ1n) is 8.28. The van der Waals surface area contributed by atoms with E-state index in [0.29, 0.717) is 0 Å². The number of guanidine groups is 1. The van der Waals surface area contributed by atoms with Crippen molar-refractivity contribution in [2.45, 2.75) is 52.4 Å². The zero-order valence-electron chi connectivity index (χ0n) is 14.0. The second-order valence-corrected chi connectivity index (χ2v) is 5.92. The van der Waals surface area contributed by atoms with Crippen molar-refractivity contribution in [3.05, 3.63) is 0 Å². The minimum Gasteiger partial charge on any atom is -0.382 e. The van der Waals surface area contributed by atoms with Crippen LogP contribution in [0, 0.1) is 11.8 Å². The molecule has 4 nitrogen and oxygen atoms in total. The van der Waals surface area contributed by atoms with Gasteiger partial charge >= 0.3 is 0 Å². The lowest BCUT2D eigenvalue weighted by molar-refractivity contribution is 0.143. The summed E-state index contributed by atoms with van der Waals surface area (Å²) in [4.78, 5) is 4.29. The Morgan fingerprint density at radius 3 is 2.71 bits per heavy atom. The SMILES string of the molecule is CCOCCCCNC(=NC)NCC1CCCC(C)C1.I. The summed E-state index contributed by atoms with van der Waals surface area (Å²) < 4.78 is 5.33. The predicted molar refractivity (Wildman–Crippen MR) is 102 cm³/mol. The molecule has 0 aliphatic heterocycles. The molecule has 1 aliphatic rings. The number of ether oxygens (including phenoxy) is 1. The lowest BCUT2D eigenvalue weighted by atomic mass is 9.82. The number of rotatable bonds is 8. The van der Waals surface area contributed by atoms with Crippen LogP contribution in [0.2, 0.25) is 0 Å². The van der Waals surface area contributed by atoms with Crippen LogP contribution in [0.5, 0.6) is 0 Å². The maximum atomic E-state index is 5.33. The van der Waals surface area contributed by atoms with E-state index >= 15 is 0 Å². The van der Waals surface area contributed by atoms with E-state index in [0.717, 1.165) is 56.9 Å². The predicted octanol–water partition coefficient (Wildman–Crippen LogP) is 3.41. The summed E-state index contributed by atoms with van der Waals surface area (Å²) >= 11 is 0. The van der Waals surface area contributed by atoms with Crippen molar-refractivity contribution in [2.75, 3.05) is 33.4 Å². The van der Waals surface area contributed by atoms with Crippen LogP contribution in [0.3, 0.4) is 0 Å². The summed E-state index contributed by atoms with van der Waals surface area (Å²) in [5, 5.41) is 6.85. The highest BCUT2D eigenvalue weighted by Crippen LogP contribution is 2.27. The molecular formula is C16H34IN3O. The molecule has 0 amide bonds. The second kappa shape index (κ2) is 13.6. The van der Waals surface area contributed by atoms with Gasteiger partial charge in [-0.2, -0.15) is 0 Å². The van der Waals surface area contributed by atoms with Gasteiger partial charge in [0.15, 0.2) is 5.96 Å². The number of aliphatic imine (C=N–C) groups is 1. The van der Waals surface area contributed by atoms with Crippen molar-refractivity contribution in [2.24, 2.45) is 16.8 Å². The summed E-state index contributed by atoms with van der Waals surface area (Å²) in [6.45, 7) is 8.12. The van der Waals surface area contributed by atoms with E-state index < -0.39 is 0 Å². The molecule has 5 heteroatoms. The summed E-state index contributed by atoms with van der Waals surface area (Å²) in [7, 11) is 1.85. The third kappa shape index (κ3) is 10.3. The molecule has 0 bridgehead atoms. The third-order valence-electron chi connectivity index (χ3n) is 4.04. The van der Waals surface area contributed by atoms with Gasteiger partial charge in [-0.3, -0.25) is 4.99 Å². The molecule has 0 spiro atoms. The Morgan fingerprint density at radius 2 is 2.05 bits per heavy atom. The molecule has 0 heterocycles. The Hall–Kier alpha value is -0.0400. The molecule has 0 aromatic rings. The summed E-state index contributed by atoms with van der Waals surface area (Å²) in [5.41, 5.74) is 0. The molecule has 126 valence electrons. The van der Waals surface area contributed by atoms with Gasteiger partial charge in [-0.1, -0.05) is 19.8 Å². The Morgan fingerprint density at radius 1 is 1.24 bits per heavy atom. The lowest BCUT2D eigenvalue weighted by Gasteiger charge is -2.27. The molecule has 0 aromatic heterocycles. The average molecular weight is 411 g/mol. The fourth-order valence-electron chi connectivity index (χ4n) is 2.89. The Balaban J connectivity index is 0.00000400. The number of unbranched alkanes of at least 4 members (excludes halogenated alkanes) is 1. The number of nitrogens with zero attached hydrogens (tertiary/aromatic N) is 1. The van der Waals surface area contributed by atoms with Crippen molar-refractivity contribution >= 4 is 29.9 Å². The minimum absolute atomic E-state index is 0. The molecule has 0 saturated heterocycles. The van der Waals surface area contributed by atoms with E-state index in [-0.39, 0.29) is 24.0 Å². The molecule has 1 saturated carbocycles. The summed E-state index contributed by atoms with van der Waals surface area (Å²) in [6.07, 6.45) is 7.75. The first-order valence-corrected chi connectivity index (χ1v) is 8.28. The average Bonchev–Trinajstić information content (AvgIpc) is 2.46. The highest BCUT2D eigenvalue weighted by molar-refractivity contribution is 14.0. The largest absolute Gasteiger partial charge is 0.382 e. The van der Waals surface area contributed by atoms with Crippen molar-refractivity contribution in [3.8, 4) is 0 Å². The topological polar surface area (TPSA) is 45.6 Å². The van der Waals surface area contributed by atoms with Gasteiger partial charge in [-0.05, 0) is 44.4 Å². The number of halogens is 1. The minimum atomic E-state index is 0. The van der Waals surface area contributed by atoms with Crippen LogP contribution in [-0.2, 0) is 4.74 Å². The molecular weight excluding hydrogens is 377 g/mol. The molecule has 1 fully saturated rings. The van der Waals surface area contributed by atoms with E-state index in [4.69, 9.17) is 4.74 Å². The maximum absolute atomic E-state index is 5.33. The normalized spacial score (nSPS) is 22.5. The van der Waals surface area contributed by atoms with Crippen molar-refractivity contribution < 1.29 is 4.74 Å². The van der Waals surface area contributed by atoms with E-state index in [1.807, 2.05) is 14.0 Å². The highest BCUT2D eigenvalue weighted by atomic mass is 127. The monoisotopic (exact) mass is 411 g/mol. The van der Waals surface area contributed by atoms with Gasteiger partial charge in [-0.25, -0.2) is 0 Å². The van der Waals surface area contributed by atoms with Crippen molar-refractivity contribution in [1.29, 1.82) is 0 Å². The number of hydrogen-bond acceptors (Lipinski definition) is 2. The maximum Gasteiger partial charge on any atom is 0.190 e. The molecule has 2 atom stereocenters. The van der Waals surface area contributed by atoms with E-state index in [1.165, 1.54) is 25.7 Å². The molecule has 0 aromatic carbocycles. The van der Waals surface area contributed by atoms with Gasteiger partial charge < -0.3 is 15.4 Å². The lowest BCUT2D eigenvalue weighted by Crippen LogP contribution is -2.40. The Labute approximate surface area is 147 Å².